The number of carboxylic acid groups (broad SMARTS) is 1. The van der Waals surface area contributed by atoms with E-state index in [1.165, 1.54) is 6.07 Å². The number of amides is 1. The van der Waals surface area contributed by atoms with E-state index in [4.69, 9.17) is 4.74 Å². The standard InChI is InChI=1S/C28H24N2O5/c31-26-15-13-18-17(6-5-11-24(18)29-26)12-14-25(27(32)33)30-28(34)35-16-23-21-9-3-1-7-19(21)20-8-2-4-10-22(20)23/h1-11,13,15,23,25H,12,14,16H2,(H,29,31)(H,30,34)(H,32,33)/t25-/m0/s1. The van der Waals surface area contributed by atoms with Gasteiger partial charge < -0.3 is 20.1 Å². The van der Waals surface area contributed by atoms with E-state index in [1.54, 1.807) is 12.1 Å². The first kappa shape index (κ1) is 22.4. The number of aromatic nitrogens is 1. The van der Waals surface area contributed by atoms with Gasteiger partial charge in [0.05, 0.1) is 0 Å². The van der Waals surface area contributed by atoms with Crippen LogP contribution < -0.4 is 10.9 Å². The van der Waals surface area contributed by atoms with E-state index < -0.39 is 18.1 Å². The Morgan fingerprint density at radius 3 is 2.29 bits per heavy atom. The van der Waals surface area contributed by atoms with Crippen molar-refractivity contribution in [2.75, 3.05) is 6.61 Å². The van der Waals surface area contributed by atoms with Gasteiger partial charge in [0, 0.05) is 22.9 Å². The van der Waals surface area contributed by atoms with E-state index in [-0.39, 0.29) is 24.5 Å². The number of pyridine rings is 1. The number of aromatic amines is 1. The minimum atomic E-state index is -1.13. The fraction of sp³-hybridized carbons (Fsp3) is 0.179. The highest BCUT2D eigenvalue weighted by Crippen LogP contribution is 2.44. The lowest BCUT2D eigenvalue weighted by atomic mass is 9.98. The van der Waals surface area contributed by atoms with Gasteiger partial charge in [-0.05, 0) is 52.8 Å². The van der Waals surface area contributed by atoms with Crippen molar-refractivity contribution in [1.29, 1.82) is 0 Å². The Morgan fingerprint density at radius 2 is 1.60 bits per heavy atom. The number of carbonyl (C=O) groups excluding carboxylic acids is 1. The molecular formula is C28H24N2O5. The number of aliphatic carboxylic acids is 1. The number of benzene rings is 3. The fourth-order valence-corrected chi connectivity index (χ4v) is 4.81. The molecule has 1 atom stereocenters. The number of aryl methyl sites for hydroxylation is 1. The van der Waals surface area contributed by atoms with E-state index in [2.05, 4.69) is 22.4 Å². The zero-order valence-corrected chi connectivity index (χ0v) is 18.9. The third-order valence-corrected chi connectivity index (χ3v) is 6.49. The van der Waals surface area contributed by atoms with Crippen molar-refractivity contribution < 1.29 is 19.4 Å². The zero-order chi connectivity index (χ0) is 24.4. The van der Waals surface area contributed by atoms with Gasteiger partial charge in [-0.1, -0.05) is 60.7 Å². The first-order valence-corrected chi connectivity index (χ1v) is 11.5. The van der Waals surface area contributed by atoms with Crippen LogP contribution in [0.2, 0.25) is 0 Å². The lowest BCUT2D eigenvalue weighted by Crippen LogP contribution is -2.41. The maximum absolute atomic E-state index is 12.6. The smallest absolute Gasteiger partial charge is 0.407 e. The fourth-order valence-electron chi connectivity index (χ4n) is 4.81. The van der Waals surface area contributed by atoms with Crippen LogP contribution in [0.1, 0.15) is 29.0 Å². The Balaban J connectivity index is 1.24. The summed E-state index contributed by atoms with van der Waals surface area (Å²) in [6, 6.07) is 23.6. The van der Waals surface area contributed by atoms with Crippen molar-refractivity contribution in [2.45, 2.75) is 24.8 Å². The van der Waals surface area contributed by atoms with Crippen molar-refractivity contribution in [1.82, 2.24) is 10.3 Å². The van der Waals surface area contributed by atoms with Crippen molar-refractivity contribution in [3.63, 3.8) is 0 Å². The van der Waals surface area contributed by atoms with Gasteiger partial charge in [0.2, 0.25) is 5.56 Å². The highest BCUT2D eigenvalue weighted by Gasteiger charge is 2.29. The highest BCUT2D eigenvalue weighted by molar-refractivity contribution is 5.83. The van der Waals surface area contributed by atoms with E-state index in [1.807, 2.05) is 48.5 Å². The SMILES string of the molecule is O=C(N[C@@H](CCc1cccc2[nH]c(=O)ccc12)C(=O)O)OCC1c2ccccc2-c2ccccc21. The summed E-state index contributed by atoms with van der Waals surface area (Å²) in [4.78, 5) is 38.7. The molecule has 1 amide bonds. The summed E-state index contributed by atoms with van der Waals surface area (Å²) in [6.45, 7) is 0.114. The molecule has 0 unspecified atom stereocenters. The second-order valence-electron chi connectivity index (χ2n) is 8.60. The molecule has 35 heavy (non-hydrogen) atoms. The van der Waals surface area contributed by atoms with Crippen LogP contribution in [0, 0.1) is 0 Å². The summed E-state index contributed by atoms with van der Waals surface area (Å²) in [5.74, 6) is -1.23. The number of hydrogen-bond acceptors (Lipinski definition) is 4. The zero-order valence-electron chi connectivity index (χ0n) is 18.9. The van der Waals surface area contributed by atoms with Gasteiger partial charge in [-0.3, -0.25) is 4.79 Å². The Morgan fingerprint density at radius 1 is 0.914 bits per heavy atom. The maximum atomic E-state index is 12.6. The number of nitrogens with one attached hydrogen (secondary N) is 2. The molecule has 5 rings (SSSR count). The number of fused-ring (bicyclic) bond motifs is 4. The van der Waals surface area contributed by atoms with Gasteiger partial charge in [0.1, 0.15) is 12.6 Å². The molecule has 1 aliphatic carbocycles. The van der Waals surface area contributed by atoms with Gasteiger partial charge >= 0.3 is 12.1 Å². The van der Waals surface area contributed by atoms with Crippen LogP contribution in [-0.2, 0) is 16.0 Å². The van der Waals surface area contributed by atoms with Crippen LogP contribution in [0.3, 0.4) is 0 Å². The van der Waals surface area contributed by atoms with Gasteiger partial charge in [-0.15, -0.1) is 0 Å². The van der Waals surface area contributed by atoms with Crippen LogP contribution in [-0.4, -0.2) is 34.8 Å². The molecule has 0 fully saturated rings. The molecule has 0 radical (unpaired) electrons. The largest absolute Gasteiger partial charge is 0.480 e. The second-order valence-corrected chi connectivity index (χ2v) is 8.60. The number of rotatable bonds is 7. The Labute approximate surface area is 201 Å². The normalized spacial score (nSPS) is 13.1. The number of hydrogen-bond donors (Lipinski definition) is 3. The lowest BCUT2D eigenvalue weighted by molar-refractivity contribution is -0.139. The van der Waals surface area contributed by atoms with Gasteiger partial charge in [0.25, 0.3) is 0 Å². The average Bonchev–Trinajstić information content (AvgIpc) is 3.18. The molecule has 1 heterocycles. The number of carbonyl (C=O) groups is 2. The molecule has 0 aliphatic heterocycles. The number of alkyl carbamates (subject to hydrolysis) is 1. The molecule has 0 saturated carbocycles. The summed E-state index contributed by atoms with van der Waals surface area (Å²) in [6.07, 6.45) is -0.177. The minimum Gasteiger partial charge on any atom is -0.480 e. The second kappa shape index (κ2) is 9.46. The Hall–Kier alpha value is -4.39. The first-order chi connectivity index (χ1) is 17.0. The quantitative estimate of drug-likeness (QED) is 0.371. The summed E-state index contributed by atoms with van der Waals surface area (Å²) >= 11 is 0. The van der Waals surface area contributed by atoms with Crippen molar-refractivity contribution in [3.8, 4) is 11.1 Å². The van der Waals surface area contributed by atoms with E-state index >= 15 is 0 Å². The summed E-state index contributed by atoms with van der Waals surface area (Å²) in [5, 5.41) is 13.0. The van der Waals surface area contributed by atoms with Crippen LogP contribution in [0.25, 0.3) is 22.0 Å². The molecule has 1 aliphatic rings. The lowest BCUT2D eigenvalue weighted by Gasteiger charge is -2.18. The predicted octanol–water partition coefficient (Wildman–Crippen LogP) is 4.45. The molecule has 1 aromatic heterocycles. The topological polar surface area (TPSA) is 108 Å². The van der Waals surface area contributed by atoms with Crippen molar-refractivity contribution >= 4 is 23.0 Å². The van der Waals surface area contributed by atoms with Crippen molar-refractivity contribution in [3.05, 3.63) is 106 Å². The molecule has 3 aromatic carbocycles. The van der Waals surface area contributed by atoms with Crippen LogP contribution in [0.4, 0.5) is 4.79 Å². The third kappa shape index (κ3) is 4.53. The van der Waals surface area contributed by atoms with Crippen LogP contribution in [0.15, 0.2) is 83.7 Å². The molecule has 0 spiro atoms. The molecule has 4 aromatic rings. The molecule has 7 nitrogen and oxygen atoms in total. The van der Waals surface area contributed by atoms with Crippen LogP contribution in [0.5, 0.6) is 0 Å². The molecule has 0 saturated heterocycles. The van der Waals surface area contributed by atoms with Crippen LogP contribution >= 0.6 is 0 Å². The number of ether oxygens (including phenoxy) is 1. The van der Waals surface area contributed by atoms with E-state index in [0.717, 1.165) is 33.2 Å². The summed E-state index contributed by atoms with van der Waals surface area (Å²) in [7, 11) is 0. The van der Waals surface area contributed by atoms with E-state index in [0.29, 0.717) is 11.9 Å². The average molecular weight is 469 g/mol. The Kier molecular flexibility index (Phi) is 6.06. The molecule has 7 heteroatoms. The molecular weight excluding hydrogens is 444 g/mol. The van der Waals surface area contributed by atoms with Crippen molar-refractivity contribution in [2.24, 2.45) is 0 Å². The third-order valence-electron chi connectivity index (χ3n) is 6.49. The summed E-state index contributed by atoms with van der Waals surface area (Å²) in [5.41, 5.74) is 5.80. The van der Waals surface area contributed by atoms with Gasteiger partial charge in [-0.2, -0.15) is 0 Å². The predicted molar refractivity (Wildman–Crippen MR) is 133 cm³/mol. The highest BCUT2D eigenvalue weighted by atomic mass is 16.5. The summed E-state index contributed by atoms with van der Waals surface area (Å²) < 4.78 is 5.50. The van der Waals surface area contributed by atoms with Gasteiger partial charge in [-0.25, -0.2) is 9.59 Å². The Bertz CT molecular complexity index is 1430. The number of carboxylic acids is 1. The molecule has 176 valence electrons. The number of H-pyrrole nitrogens is 1. The first-order valence-electron chi connectivity index (χ1n) is 11.5. The van der Waals surface area contributed by atoms with Gasteiger partial charge in [0.15, 0.2) is 0 Å². The maximum Gasteiger partial charge on any atom is 0.407 e. The molecule has 3 N–H and O–H groups in total. The van der Waals surface area contributed by atoms with E-state index in [9.17, 15) is 19.5 Å². The monoisotopic (exact) mass is 468 g/mol. The minimum absolute atomic E-state index is 0.103. The molecule has 0 bridgehead atoms.